The first-order valence-electron chi connectivity index (χ1n) is 9.83. The molecule has 0 radical (unpaired) electrons. The van der Waals surface area contributed by atoms with Crippen LogP contribution in [-0.4, -0.2) is 41.1 Å². The Morgan fingerprint density at radius 2 is 1.94 bits per heavy atom. The molecule has 168 valence electrons. The Hall–Kier alpha value is -2.97. The van der Waals surface area contributed by atoms with E-state index in [2.05, 4.69) is 0 Å². The van der Waals surface area contributed by atoms with E-state index < -0.39 is 28.7 Å². The molecule has 10 heteroatoms. The van der Waals surface area contributed by atoms with Gasteiger partial charge in [0.15, 0.2) is 6.10 Å². The maximum absolute atomic E-state index is 12.8. The lowest BCUT2D eigenvalue weighted by Gasteiger charge is -2.19. The van der Waals surface area contributed by atoms with Crippen molar-refractivity contribution in [1.29, 1.82) is 0 Å². The number of rotatable bonds is 8. The van der Waals surface area contributed by atoms with Crippen LogP contribution in [0.2, 0.25) is 5.02 Å². The van der Waals surface area contributed by atoms with Crippen LogP contribution in [0.1, 0.15) is 28.8 Å². The van der Waals surface area contributed by atoms with Crippen molar-refractivity contribution in [3.8, 4) is 0 Å². The SMILES string of the molecule is Cc1ccc(N2C[C@H](C(=O)O[C@H](CCCl)C(=O)c3ccc(Cl)cc3)CC2=O)cc1[N+](=O)[O-]. The third-order valence-electron chi connectivity index (χ3n) is 5.21. The van der Waals surface area contributed by atoms with Crippen LogP contribution in [0.5, 0.6) is 0 Å². The summed E-state index contributed by atoms with van der Waals surface area (Å²) in [5.41, 5.74) is 1.01. The van der Waals surface area contributed by atoms with Crippen LogP contribution in [0.25, 0.3) is 0 Å². The minimum Gasteiger partial charge on any atom is -0.454 e. The smallest absolute Gasteiger partial charge is 0.312 e. The number of carbonyl (C=O) groups excluding carboxylic acids is 3. The van der Waals surface area contributed by atoms with Crippen molar-refractivity contribution in [3.05, 3.63) is 68.7 Å². The summed E-state index contributed by atoms with van der Waals surface area (Å²) < 4.78 is 5.44. The molecule has 1 saturated heterocycles. The van der Waals surface area contributed by atoms with Crippen LogP contribution in [0.15, 0.2) is 42.5 Å². The Balaban J connectivity index is 1.72. The Bertz CT molecular complexity index is 1060. The molecule has 0 aliphatic carbocycles. The maximum Gasteiger partial charge on any atom is 0.312 e. The Morgan fingerprint density at radius 1 is 1.25 bits per heavy atom. The summed E-state index contributed by atoms with van der Waals surface area (Å²) >= 11 is 11.6. The molecule has 0 bridgehead atoms. The van der Waals surface area contributed by atoms with Crippen LogP contribution in [0.3, 0.4) is 0 Å². The Morgan fingerprint density at radius 3 is 2.56 bits per heavy atom. The van der Waals surface area contributed by atoms with Gasteiger partial charge in [-0.1, -0.05) is 17.7 Å². The van der Waals surface area contributed by atoms with E-state index in [0.29, 0.717) is 21.8 Å². The van der Waals surface area contributed by atoms with Crippen molar-refractivity contribution in [1.82, 2.24) is 0 Å². The van der Waals surface area contributed by atoms with E-state index in [9.17, 15) is 24.5 Å². The molecule has 0 spiro atoms. The highest BCUT2D eigenvalue weighted by molar-refractivity contribution is 6.30. The van der Waals surface area contributed by atoms with Gasteiger partial charge in [0.05, 0.1) is 16.5 Å². The molecule has 32 heavy (non-hydrogen) atoms. The summed E-state index contributed by atoms with van der Waals surface area (Å²) in [5, 5.41) is 11.7. The number of alkyl halides is 1. The van der Waals surface area contributed by atoms with E-state index in [1.165, 1.54) is 23.1 Å². The molecule has 0 saturated carbocycles. The summed E-state index contributed by atoms with van der Waals surface area (Å²) in [6, 6.07) is 10.6. The van der Waals surface area contributed by atoms with Gasteiger partial charge in [0.1, 0.15) is 0 Å². The number of hydrogen-bond donors (Lipinski definition) is 0. The number of nitro groups is 1. The number of aryl methyl sites for hydroxylation is 1. The molecule has 8 nitrogen and oxygen atoms in total. The van der Waals surface area contributed by atoms with Gasteiger partial charge in [0, 0.05) is 47.5 Å². The molecule has 0 unspecified atom stereocenters. The quantitative estimate of drug-likeness (QED) is 0.183. The highest BCUT2D eigenvalue weighted by Crippen LogP contribution is 2.30. The zero-order valence-electron chi connectivity index (χ0n) is 17.1. The van der Waals surface area contributed by atoms with E-state index in [-0.39, 0.29) is 36.9 Å². The number of amides is 1. The van der Waals surface area contributed by atoms with E-state index in [1.807, 2.05) is 0 Å². The molecule has 1 aliphatic heterocycles. The predicted octanol–water partition coefficient (Wildman–Crippen LogP) is 4.33. The van der Waals surface area contributed by atoms with Gasteiger partial charge in [0.25, 0.3) is 5.69 Å². The number of hydrogen-bond acceptors (Lipinski definition) is 6. The molecule has 2 aromatic rings. The summed E-state index contributed by atoms with van der Waals surface area (Å²) in [7, 11) is 0. The monoisotopic (exact) mass is 478 g/mol. The summed E-state index contributed by atoms with van der Waals surface area (Å²) in [6.07, 6.45) is -1.10. The Labute approximate surface area is 194 Å². The standard InChI is InChI=1S/C22H20Cl2N2O6/c1-13-2-7-17(11-18(13)26(30)31)25-12-15(10-20(25)27)22(29)32-19(8-9-23)21(28)14-3-5-16(24)6-4-14/h2-7,11,15,19H,8-10,12H2,1H3/t15-,19-/m1/s1. The average molecular weight is 479 g/mol. The molecule has 1 heterocycles. The van der Waals surface area contributed by atoms with Crippen LogP contribution in [0.4, 0.5) is 11.4 Å². The fourth-order valence-electron chi connectivity index (χ4n) is 3.46. The lowest BCUT2D eigenvalue weighted by Crippen LogP contribution is -2.32. The minimum atomic E-state index is -1.09. The first-order chi connectivity index (χ1) is 15.2. The molecule has 0 N–H and O–H groups in total. The van der Waals surface area contributed by atoms with Crippen LogP contribution in [-0.2, 0) is 14.3 Å². The zero-order valence-corrected chi connectivity index (χ0v) is 18.6. The van der Waals surface area contributed by atoms with Gasteiger partial charge in [-0.3, -0.25) is 24.5 Å². The predicted molar refractivity (Wildman–Crippen MR) is 119 cm³/mol. The molecular formula is C22H20Cl2N2O6. The molecule has 2 aromatic carbocycles. The number of ether oxygens (including phenoxy) is 1. The second kappa shape index (κ2) is 10.1. The van der Waals surface area contributed by atoms with Gasteiger partial charge in [-0.2, -0.15) is 0 Å². The van der Waals surface area contributed by atoms with Crippen molar-refractivity contribution >= 4 is 52.2 Å². The van der Waals surface area contributed by atoms with Crippen molar-refractivity contribution in [2.24, 2.45) is 5.92 Å². The Kier molecular flexibility index (Phi) is 7.48. The highest BCUT2D eigenvalue weighted by Gasteiger charge is 2.38. The zero-order chi connectivity index (χ0) is 23.4. The van der Waals surface area contributed by atoms with Crippen molar-refractivity contribution in [2.45, 2.75) is 25.9 Å². The van der Waals surface area contributed by atoms with Gasteiger partial charge < -0.3 is 9.64 Å². The second-order valence-corrected chi connectivity index (χ2v) is 8.22. The molecule has 1 amide bonds. The third-order valence-corrected chi connectivity index (χ3v) is 5.68. The van der Waals surface area contributed by atoms with Gasteiger partial charge in [-0.15, -0.1) is 11.6 Å². The molecule has 1 fully saturated rings. The van der Waals surface area contributed by atoms with Crippen LogP contribution in [0, 0.1) is 23.0 Å². The van der Waals surface area contributed by atoms with E-state index in [1.54, 1.807) is 31.2 Å². The molecular weight excluding hydrogens is 459 g/mol. The van der Waals surface area contributed by atoms with Gasteiger partial charge in [0.2, 0.25) is 11.7 Å². The fraction of sp³-hybridized carbons (Fsp3) is 0.318. The van der Waals surface area contributed by atoms with E-state index >= 15 is 0 Å². The van der Waals surface area contributed by atoms with E-state index in [4.69, 9.17) is 27.9 Å². The first kappa shape index (κ1) is 23.7. The molecule has 0 aromatic heterocycles. The number of nitro benzene ring substituents is 1. The third kappa shape index (κ3) is 5.26. The fourth-order valence-corrected chi connectivity index (χ4v) is 3.78. The average Bonchev–Trinajstić information content (AvgIpc) is 3.15. The van der Waals surface area contributed by atoms with Gasteiger partial charge in [-0.25, -0.2) is 0 Å². The normalized spacial score (nSPS) is 16.7. The number of ketones is 1. The lowest BCUT2D eigenvalue weighted by molar-refractivity contribution is -0.385. The number of anilines is 1. The lowest BCUT2D eigenvalue weighted by atomic mass is 10.0. The van der Waals surface area contributed by atoms with Gasteiger partial charge in [-0.05, 0) is 37.3 Å². The summed E-state index contributed by atoms with van der Waals surface area (Å²) in [6.45, 7) is 1.60. The number of benzene rings is 2. The molecule has 2 atom stereocenters. The largest absolute Gasteiger partial charge is 0.454 e. The van der Waals surface area contributed by atoms with Gasteiger partial charge >= 0.3 is 5.97 Å². The number of nitrogens with zero attached hydrogens (tertiary/aromatic N) is 2. The van der Waals surface area contributed by atoms with E-state index in [0.717, 1.165) is 0 Å². The number of esters is 1. The summed E-state index contributed by atoms with van der Waals surface area (Å²) in [4.78, 5) is 50.0. The van der Waals surface area contributed by atoms with Crippen molar-refractivity contribution < 1.29 is 24.0 Å². The van der Waals surface area contributed by atoms with Crippen LogP contribution < -0.4 is 4.90 Å². The number of carbonyl (C=O) groups is 3. The molecule has 3 rings (SSSR count). The maximum atomic E-state index is 12.8. The first-order valence-corrected chi connectivity index (χ1v) is 10.7. The number of halogens is 2. The topological polar surface area (TPSA) is 107 Å². The van der Waals surface area contributed by atoms with Crippen molar-refractivity contribution in [2.75, 3.05) is 17.3 Å². The van der Waals surface area contributed by atoms with Crippen LogP contribution >= 0.6 is 23.2 Å². The number of Topliss-reactive ketones (excluding diaryl/α,β-unsaturated/α-hetero) is 1. The second-order valence-electron chi connectivity index (χ2n) is 7.41. The van der Waals surface area contributed by atoms with Crippen molar-refractivity contribution in [3.63, 3.8) is 0 Å². The minimum absolute atomic E-state index is 0.000607. The summed E-state index contributed by atoms with van der Waals surface area (Å²) in [5.74, 6) is -2.17. The molecule has 1 aliphatic rings. The highest BCUT2D eigenvalue weighted by atomic mass is 35.5.